The second kappa shape index (κ2) is 9.79. The van der Waals surface area contributed by atoms with Crippen LogP contribution in [0.15, 0.2) is 48.5 Å². The first-order valence-corrected chi connectivity index (χ1v) is 8.16. The number of benzene rings is 2. The molecule has 4 nitrogen and oxygen atoms in total. The molecule has 0 bridgehead atoms. The number of hydrogen-bond acceptors (Lipinski definition) is 4. The van der Waals surface area contributed by atoms with Gasteiger partial charge in [0.1, 0.15) is 11.5 Å². The van der Waals surface area contributed by atoms with Gasteiger partial charge < -0.3 is 9.84 Å². The maximum absolute atomic E-state index is 10.9. The van der Waals surface area contributed by atoms with Gasteiger partial charge in [0.15, 0.2) is 11.6 Å². The van der Waals surface area contributed by atoms with Crippen LogP contribution in [0.4, 0.5) is 0 Å². The number of phenols is 1. The van der Waals surface area contributed by atoms with Crippen LogP contribution in [-0.2, 0) is 0 Å². The van der Waals surface area contributed by atoms with Gasteiger partial charge in [-0.1, -0.05) is 15.9 Å². The van der Waals surface area contributed by atoms with Gasteiger partial charge in [-0.25, -0.2) is 0 Å². The second-order valence-corrected chi connectivity index (χ2v) is 5.51. The smallest absolute Gasteiger partial charge is 0.159 e. The van der Waals surface area contributed by atoms with Gasteiger partial charge in [0.2, 0.25) is 0 Å². The molecule has 23 heavy (non-hydrogen) atoms. The molecule has 0 aromatic heterocycles. The standard InChI is InChI=1S/C10H11BrO2.C8H8O2/c1-8(12)9-2-4-10(5-3-9)13-7-6-11;1-6(9)7-2-4-8(10)5-3-7/h2-5H,6-7H2,1H3;2-5,10H,1H3. The lowest BCUT2D eigenvalue weighted by Crippen LogP contribution is -1.98. The third kappa shape index (κ3) is 7.10. The van der Waals surface area contributed by atoms with E-state index in [0.717, 1.165) is 11.1 Å². The Hall–Kier alpha value is -2.14. The fourth-order valence-corrected chi connectivity index (χ4v) is 1.80. The minimum atomic E-state index is 0.0139. The van der Waals surface area contributed by atoms with E-state index in [0.29, 0.717) is 17.7 Å². The number of ether oxygens (including phenoxy) is 1. The van der Waals surface area contributed by atoms with Crippen molar-refractivity contribution in [3.63, 3.8) is 0 Å². The first-order valence-electron chi connectivity index (χ1n) is 7.03. The van der Waals surface area contributed by atoms with E-state index in [9.17, 15) is 9.59 Å². The summed E-state index contributed by atoms with van der Waals surface area (Å²) in [6.45, 7) is 3.68. The molecule has 2 aromatic carbocycles. The number of ketones is 2. The summed E-state index contributed by atoms with van der Waals surface area (Å²) in [7, 11) is 0. The van der Waals surface area contributed by atoms with Gasteiger partial charge in [0.25, 0.3) is 0 Å². The number of alkyl halides is 1. The van der Waals surface area contributed by atoms with E-state index in [2.05, 4.69) is 15.9 Å². The molecule has 0 aliphatic carbocycles. The first-order chi connectivity index (χ1) is 10.9. The Balaban J connectivity index is 0.000000238. The molecule has 0 fully saturated rings. The Bertz CT molecular complexity index is 633. The van der Waals surface area contributed by atoms with E-state index >= 15 is 0 Å². The summed E-state index contributed by atoms with van der Waals surface area (Å²) >= 11 is 3.27. The highest BCUT2D eigenvalue weighted by molar-refractivity contribution is 9.09. The lowest BCUT2D eigenvalue weighted by molar-refractivity contribution is 0.100. The zero-order valence-electron chi connectivity index (χ0n) is 13.1. The molecule has 5 heteroatoms. The Kier molecular flexibility index (Phi) is 8.05. The molecular weight excluding hydrogens is 360 g/mol. The molecule has 0 aliphatic rings. The van der Waals surface area contributed by atoms with Crippen molar-refractivity contribution < 1.29 is 19.4 Å². The summed E-state index contributed by atoms with van der Waals surface area (Å²) in [5.41, 5.74) is 1.34. The summed E-state index contributed by atoms with van der Waals surface area (Å²) in [5.74, 6) is 1.07. The molecule has 2 aromatic rings. The molecule has 0 unspecified atom stereocenters. The molecule has 0 saturated carbocycles. The van der Waals surface area contributed by atoms with Crippen molar-refractivity contribution in [1.29, 1.82) is 0 Å². The summed E-state index contributed by atoms with van der Waals surface area (Å²) in [6, 6.07) is 13.3. The van der Waals surface area contributed by atoms with Gasteiger partial charge in [-0.3, -0.25) is 9.59 Å². The van der Waals surface area contributed by atoms with Gasteiger partial charge in [-0.15, -0.1) is 0 Å². The minimum Gasteiger partial charge on any atom is -0.508 e. The molecule has 0 radical (unpaired) electrons. The highest BCUT2D eigenvalue weighted by atomic mass is 79.9. The number of aromatic hydroxyl groups is 1. The van der Waals surface area contributed by atoms with Crippen molar-refractivity contribution in [2.45, 2.75) is 13.8 Å². The summed E-state index contributed by atoms with van der Waals surface area (Å²) < 4.78 is 5.33. The highest BCUT2D eigenvalue weighted by Crippen LogP contribution is 2.12. The van der Waals surface area contributed by atoms with Gasteiger partial charge >= 0.3 is 0 Å². The van der Waals surface area contributed by atoms with E-state index in [1.807, 2.05) is 0 Å². The lowest BCUT2D eigenvalue weighted by atomic mass is 10.1. The molecule has 0 amide bonds. The maximum atomic E-state index is 10.9. The van der Waals surface area contributed by atoms with Crippen molar-refractivity contribution in [3.05, 3.63) is 59.7 Å². The average Bonchev–Trinajstić information content (AvgIpc) is 2.54. The highest BCUT2D eigenvalue weighted by Gasteiger charge is 1.98. The average molecular weight is 379 g/mol. The largest absolute Gasteiger partial charge is 0.508 e. The Morgan fingerprint density at radius 1 is 0.913 bits per heavy atom. The third-order valence-electron chi connectivity index (χ3n) is 2.88. The van der Waals surface area contributed by atoms with Gasteiger partial charge in [-0.05, 0) is 62.4 Å². The number of phenolic OH excluding ortho intramolecular Hbond substituents is 1. The van der Waals surface area contributed by atoms with E-state index < -0.39 is 0 Å². The normalized spacial score (nSPS) is 9.52. The van der Waals surface area contributed by atoms with Crippen LogP contribution in [0.1, 0.15) is 34.6 Å². The first kappa shape index (κ1) is 18.9. The summed E-state index contributed by atoms with van der Waals surface area (Å²) in [4.78, 5) is 21.6. The Labute approximate surface area is 144 Å². The quantitative estimate of drug-likeness (QED) is 0.623. The van der Waals surface area contributed by atoms with Crippen LogP contribution < -0.4 is 4.74 Å². The topological polar surface area (TPSA) is 63.6 Å². The summed E-state index contributed by atoms with van der Waals surface area (Å²) in [6.07, 6.45) is 0. The van der Waals surface area contributed by atoms with Crippen LogP contribution in [0.5, 0.6) is 11.5 Å². The molecule has 0 heterocycles. The van der Waals surface area contributed by atoms with Gasteiger partial charge in [0.05, 0.1) is 6.61 Å². The van der Waals surface area contributed by atoms with E-state index in [-0.39, 0.29) is 17.3 Å². The fraction of sp³-hybridized carbons (Fsp3) is 0.222. The number of carbonyl (C=O) groups excluding carboxylic acids is 2. The zero-order valence-corrected chi connectivity index (χ0v) is 14.7. The van der Waals surface area contributed by atoms with Crippen LogP contribution in [-0.4, -0.2) is 28.6 Å². The van der Waals surface area contributed by atoms with E-state index in [1.165, 1.54) is 19.1 Å². The number of halogens is 1. The predicted octanol–water partition coefficient (Wildman–Crippen LogP) is 4.26. The van der Waals surface area contributed by atoms with Crippen LogP contribution >= 0.6 is 15.9 Å². The van der Waals surface area contributed by atoms with E-state index in [4.69, 9.17) is 9.84 Å². The fourth-order valence-electron chi connectivity index (χ4n) is 1.64. The summed E-state index contributed by atoms with van der Waals surface area (Å²) in [5, 5.41) is 9.63. The molecule has 122 valence electrons. The molecular formula is C18H19BrO4. The minimum absolute atomic E-state index is 0.0139. The van der Waals surface area contributed by atoms with Crippen molar-refractivity contribution in [3.8, 4) is 11.5 Å². The number of rotatable bonds is 5. The molecule has 1 N–H and O–H groups in total. The van der Waals surface area contributed by atoms with Crippen LogP contribution in [0.3, 0.4) is 0 Å². The molecule has 0 atom stereocenters. The van der Waals surface area contributed by atoms with Crippen molar-refractivity contribution >= 4 is 27.5 Å². The Morgan fingerprint density at radius 3 is 1.74 bits per heavy atom. The predicted molar refractivity (Wildman–Crippen MR) is 93.8 cm³/mol. The molecule has 0 spiro atoms. The second-order valence-electron chi connectivity index (χ2n) is 4.72. The van der Waals surface area contributed by atoms with Gasteiger partial charge in [0, 0.05) is 16.5 Å². The van der Waals surface area contributed by atoms with Gasteiger partial charge in [-0.2, -0.15) is 0 Å². The van der Waals surface area contributed by atoms with Crippen LogP contribution in [0.25, 0.3) is 0 Å². The van der Waals surface area contributed by atoms with Crippen LogP contribution in [0, 0.1) is 0 Å². The lowest BCUT2D eigenvalue weighted by Gasteiger charge is -2.03. The molecule has 2 rings (SSSR count). The number of carbonyl (C=O) groups is 2. The molecule has 0 aliphatic heterocycles. The van der Waals surface area contributed by atoms with Crippen molar-refractivity contribution in [2.75, 3.05) is 11.9 Å². The third-order valence-corrected chi connectivity index (χ3v) is 3.20. The molecule has 0 saturated heterocycles. The van der Waals surface area contributed by atoms with Crippen molar-refractivity contribution in [2.24, 2.45) is 0 Å². The maximum Gasteiger partial charge on any atom is 0.159 e. The van der Waals surface area contributed by atoms with E-state index in [1.54, 1.807) is 43.3 Å². The SMILES string of the molecule is CC(=O)c1ccc(O)cc1.CC(=O)c1ccc(OCCBr)cc1. The Morgan fingerprint density at radius 2 is 1.35 bits per heavy atom. The zero-order chi connectivity index (χ0) is 17.2. The number of Topliss-reactive ketones (excluding diaryl/α,β-unsaturated/α-hetero) is 2. The number of hydrogen-bond donors (Lipinski definition) is 1. The monoisotopic (exact) mass is 378 g/mol. The van der Waals surface area contributed by atoms with Crippen LogP contribution in [0.2, 0.25) is 0 Å². The van der Waals surface area contributed by atoms with Crippen molar-refractivity contribution in [1.82, 2.24) is 0 Å².